The average molecular weight is 383 g/mol. The smallest absolute Gasteiger partial charge is 0.218 e. The first-order valence-electron chi connectivity index (χ1n) is 9.39. The maximum Gasteiger partial charge on any atom is 0.223 e. The lowest BCUT2D eigenvalue weighted by Gasteiger charge is -2.21. The molecule has 0 spiro atoms. The van der Waals surface area contributed by atoms with Gasteiger partial charge in [-0.3, -0.25) is 0 Å². The van der Waals surface area contributed by atoms with Crippen molar-refractivity contribution in [3.8, 4) is 33.6 Å². The number of hydrogen-bond donors (Lipinski definition) is 0. The fourth-order valence-electron chi connectivity index (χ4n) is 4.19. The molecule has 4 aromatic rings. The van der Waals surface area contributed by atoms with Crippen LogP contribution in [0.4, 0.5) is 0 Å². The molecular formula is C25H19ClN2. The molecule has 0 atom stereocenters. The quantitative estimate of drug-likeness (QED) is 0.357. The van der Waals surface area contributed by atoms with Crippen molar-refractivity contribution in [2.75, 3.05) is 0 Å². The summed E-state index contributed by atoms with van der Waals surface area (Å²) in [5.41, 5.74) is 9.03. The molecule has 0 bridgehead atoms. The molecule has 0 N–H and O–H groups in total. The predicted molar refractivity (Wildman–Crippen MR) is 115 cm³/mol. The molecule has 0 unspecified atom stereocenters. The largest absolute Gasteiger partial charge is 0.223 e. The Kier molecular flexibility index (Phi) is 3.85. The molecule has 0 fully saturated rings. The van der Waals surface area contributed by atoms with Gasteiger partial charge in [0.05, 0.1) is 11.4 Å². The average Bonchev–Trinajstić information content (AvgIpc) is 2.95. The van der Waals surface area contributed by atoms with E-state index in [1.165, 1.54) is 22.3 Å². The minimum Gasteiger partial charge on any atom is -0.218 e. The number of nitrogens with zero attached hydrogens (tertiary/aromatic N) is 2. The molecule has 1 aliphatic carbocycles. The molecule has 0 amide bonds. The van der Waals surface area contributed by atoms with Crippen LogP contribution in [0, 0.1) is 0 Å². The highest BCUT2D eigenvalue weighted by atomic mass is 35.5. The van der Waals surface area contributed by atoms with Gasteiger partial charge < -0.3 is 0 Å². The van der Waals surface area contributed by atoms with Gasteiger partial charge in [0.25, 0.3) is 0 Å². The molecule has 0 saturated carbocycles. The molecule has 0 aliphatic heterocycles. The first kappa shape index (κ1) is 17.2. The second-order valence-corrected chi connectivity index (χ2v) is 8.04. The molecule has 3 aromatic carbocycles. The van der Waals surface area contributed by atoms with Crippen LogP contribution in [0.2, 0.25) is 5.28 Å². The van der Waals surface area contributed by atoms with Crippen LogP contribution in [0.5, 0.6) is 0 Å². The Labute approximate surface area is 169 Å². The summed E-state index contributed by atoms with van der Waals surface area (Å²) in [5.74, 6) is 0. The van der Waals surface area contributed by atoms with E-state index in [1.807, 2.05) is 36.4 Å². The number of aromatic nitrogens is 2. The third-order valence-electron chi connectivity index (χ3n) is 5.65. The van der Waals surface area contributed by atoms with Crippen molar-refractivity contribution in [3.05, 3.63) is 95.3 Å². The number of fused-ring (bicyclic) bond motifs is 3. The Hall–Kier alpha value is -2.97. The molecule has 1 heterocycles. The topological polar surface area (TPSA) is 25.8 Å². The van der Waals surface area contributed by atoms with Crippen LogP contribution in [0.1, 0.15) is 25.0 Å². The highest BCUT2D eigenvalue weighted by molar-refractivity contribution is 6.28. The van der Waals surface area contributed by atoms with Gasteiger partial charge in [-0.2, -0.15) is 0 Å². The van der Waals surface area contributed by atoms with Crippen molar-refractivity contribution in [1.29, 1.82) is 0 Å². The Morgan fingerprint density at radius 1 is 0.643 bits per heavy atom. The fourth-order valence-corrected chi connectivity index (χ4v) is 4.37. The van der Waals surface area contributed by atoms with Gasteiger partial charge in [0.1, 0.15) is 0 Å². The van der Waals surface area contributed by atoms with Crippen molar-refractivity contribution in [2.24, 2.45) is 0 Å². The Balaban J connectivity index is 1.65. The third-order valence-corrected chi connectivity index (χ3v) is 5.82. The molecule has 2 nitrogen and oxygen atoms in total. The third kappa shape index (κ3) is 2.64. The van der Waals surface area contributed by atoms with E-state index in [0.717, 1.165) is 22.5 Å². The summed E-state index contributed by atoms with van der Waals surface area (Å²) in [4.78, 5) is 8.92. The monoisotopic (exact) mass is 382 g/mol. The van der Waals surface area contributed by atoms with E-state index in [2.05, 4.69) is 66.3 Å². The Bertz CT molecular complexity index is 1200. The molecule has 3 heteroatoms. The highest BCUT2D eigenvalue weighted by Crippen LogP contribution is 2.49. The van der Waals surface area contributed by atoms with Crippen LogP contribution in [0.15, 0.2) is 78.9 Å². The van der Waals surface area contributed by atoms with Gasteiger partial charge in [0.15, 0.2) is 0 Å². The number of benzene rings is 3. The summed E-state index contributed by atoms with van der Waals surface area (Å²) >= 11 is 6.27. The normalized spacial score (nSPS) is 13.8. The molecule has 1 aromatic heterocycles. The molecule has 28 heavy (non-hydrogen) atoms. The van der Waals surface area contributed by atoms with E-state index in [0.29, 0.717) is 0 Å². The summed E-state index contributed by atoms with van der Waals surface area (Å²) in [5, 5.41) is 0.263. The van der Waals surface area contributed by atoms with Crippen LogP contribution in [0.25, 0.3) is 33.6 Å². The zero-order chi connectivity index (χ0) is 19.3. The standard InChI is InChI=1S/C25H19ClN2/c1-25(2)20-11-7-6-10-18(20)19-13-12-17(14-21(19)25)23-15-22(27-24(26)28-23)16-8-4-3-5-9-16/h3-15H,1-2H3. The molecule has 5 rings (SSSR count). The summed E-state index contributed by atoms with van der Waals surface area (Å²) in [6.45, 7) is 4.56. The van der Waals surface area contributed by atoms with Crippen molar-refractivity contribution in [2.45, 2.75) is 19.3 Å². The lowest BCUT2D eigenvalue weighted by Crippen LogP contribution is -2.14. The Morgan fingerprint density at radius 3 is 2.07 bits per heavy atom. The van der Waals surface area contributed by atoms with E-state index in [4.69, 9.17) is 11.6 Å². The van der Waals surface area contributed by atoms with Crippen LogP contribution >= 0.6 is 11.6 Å². The first-order chi connectivity index (χ1) is 13.5. The van der Waals surface area contributed by atoms with Crippen LogP contribution in [0.3, 0.4) is 0 Å². The summed E-state index contributed by atoms with van der Waals surface area (Å²) in [6, 6.07) is 27.3. The van der Waals surface area contributed by atoms with Gasteiger partial charge in [0.2, 0.25) is 5.28 Å². The number of hydrogen-bond acceptors (Lipinski definition) is 2. The van der Waals surface area contributed by atoms with E-state index in [9.17, 15) is 0 Å². The van der Waals surface area contributed by atoms with Gasteiger partial charge >= 0.3 is 0 Å². The maximum atomic E-state index is 6.27. The number of rotatable bonds is 2. The SMILES string of the molecule is CC1(C)c2ccccc2-c2ccc(-c3cc(-c4ccccc4)nc(Cl)n3)cc21. The molecule has 136 valence electrons. The van der Waals surface area contributed by atoms with E-state index < -0.39 is 0 Å². The first-order valence-corrected chi connectivity index (χ1v) is 9.76. The minimum atomic E-state index is -0.0407. The van der Waals surface area contributed by atoms with E-state index in [1.54, 1.807) is 0 Å². The summed E-state index contributed by atoms with van der Waals surface area (Å²) in [6.07, 6.45) is 0. The number of halogens is 1. The summed E-state index contributed by atoms with van der Waals surface area (Å²) < 4.78 is 0. The summed E-state index contributed by atoms with van der Waals surface area (Å²) in [7, 11) is 0. The van der Waals surface area contributed by atoms with Crippen molar-refractivity contribution in [3.63, 3.8) is 0 Å². The second-order valence-electron chi connectivity index (χ2n) is 7.70. The highest BCUT2D eigenvalue weighted by Gasteiger charge is 2.35. The van der Waals surface area contributed by atoms with Gasteiger partial charge in [-0.05, 0) is 46.0 Å². The molecule has 0 saturated heterocycles. The lowest BCUT2D eigenvalue weighted by atomic mass is 9.82. The zero-order valence-electron chi connectivity index (χ0n) is 15.8. The molecular weight excluding hydrogens is 364 g/mol. The van der Waals surface area contributed by atoms with Crippen molar-refractivity contribution in [1.82, 2.24) is 9.97 Å². The van der Waals surface area contributed by atoms with Crippen LogP contribution in [-0.2, 0) is 5.41 Å². The van der Waals surface area contributed by atoms with Gasteiger partial charge in [-0.15, -0.1) is 0 Å². The molecule has 0 radical (unpaired) electrons. The van der Waals surface area contributed by atoms with Gasteiger partial charge in [0, 0.05) is 16.5 Å². The molecule has 1 aliphatic rings. The predicted octanol–water partition coefficient (Wildman–Crippen LogP) is 6.77. The van der Waals surface area contributed by atoms with E-state index in [-0.39, 0.29) is 10.7 Å². The second kappa shape index (κ2) is 6.29. The van der Waals surface area contributed by atoms with Gasteiger partial charge in [-0.25, -0.2) is 9.97 Å². The van der Waals surface area contributed by atoms with Crippen molar-refractivity contribution >= 4 is 11.6 Å². The Morgan fingerprint density at radius 2 is 1.29 bits per heavy atom. The van der Waals surface area contributed by atoms with E-state index >= 15 is 0 Å². The van der Waals surface area contributed by atoms with Gasteiger partial charge in [-0.1, -0.05) is 80.6 Å². The minimum absolute atomic E-state index is 0.0407. The van der Waals surface area contributed by atoms with Crippen molar-refractivity contribution < 1.29 is 0 Å². The zero-order valence-corrected chi connectivity index (χ0v) is 16.5. The van der Waals surface area contributed by atoms with Crippen LogP contribution in [-0.4, -0.2) is 9.97 Å². The lowest BCUT2D eigenvalue weighted by molar-refractivity contribution is 0.660. The van der Waals surface area contributed by atoms with Crippen LogP contribution < -0.4 is 0 Å². The maximum absolute atomic E-state index is 6.27. The fraction of sp³-hybridized carbons (Fsp3) is 0.120.